The monoisotopic (exact) mass is 311 g/mol. The summed E-state index contributed by atoms with van der Waals surface area (Å²) in [4.78, 5) is 11.3. The van der Waals surface area contributed by atoms with Crippen molar-refractivity contribution >= 4 is 37.9 Å². The number of para-hydroxylation sites is 1. The second-order valence-corrected chi connectivity index (χ2v) is 5.43. The molecule has 92 valence electrons. The fourth-order valence-corrected chi connectivity index (χ4v) is 2.67. The lowest BCUT2D eigenvalue weighted by molar-refractivity contribution is 1.29. The highest BCUT2D eigenvalue weighted by molar-refractivity contribution is 9.10. The van der Waals surface area contributed by atoms with Crippen molar-refractivity contribution in [3.05, 3.63) is 53.0 Å². The zero-order valence-corrected chi connectivity index (χ0v) is 11.5. The molecule has 0 aliphatic heterocycles. The van der Waals surface area contributed by atoms with Gasteiger partial charge in [0.1, 0.15) is 0 Å². The maximum absolute atomic E-state index is 4.61. The van der Waals surface area contributed by atoms with E-state index in [4.69, 9.17) is 0 Å². The summed E-state index contributed by atoms with van der Waals surface area (Å²) in [5.74, 6) is 0.865. The summed E-state index contributed by atoms with van der Waals surface area (Å²) < 4.78 is 1.05. The minimum Gasteiger partial charge on any atom is -0.352 e. The van der Waals surface area contributed by atoms with Crippen LogP contribution in [0.2, 0.25) is 0 Å². The second kappa shape index (κ2) is 3.96. The third-order valence-corrected chi connectivity index (χ3v) is 3.72. The maximum Gasteiger partial charge on any atom is 0.155 e. The SMILES string of the molecule is Brc1ccc2nc(-c3cc4ccccc4[nH]3)[nH]c2c1. The van der Waals surface area contributed by atoms with Gasteiger partial charge in [0.15, 0.2) is 5.82 Å². The van der Waals surface area contributed by atoms with Gasteiger partial charge in [-0.05, 0) is 30.3 Å². The predicted octanol–water partition coefficient (Wildman–Crippen LogP) is 4.47. The number of halogens is 1. The normalized spacial score (nSPS) is 11.4. The van der Waals surface area contributed by atoms with E-state index in [0.29, 0.717) is 0 Å². The largest absolute Gasteiger partial charge is 0.352 e. The van der Waals surface area contributed by atoms with Gasteiger partial charge in [0, 0.05) is 15.4 Å². The zero-order chi connectivity index (χ0) is 12.8. The van der Waals surface area contributed by atoms with Crippen molar-refractivity contribution in [1.82, 2.24) is 15.0 Å². The van der Waals surface area contributed by atoms with E-state index in [1.54, 1.807) is 0 Å². The van der Waals surface area contributed by atoms with Gasteiger partial charge in [-0.15, -0.1) is 0 Å². The van der Waals surface area contributed by atoms with Gasteiger partial charge < -0.3 is 9.97 Å². The van der Waals surface area contributed by atoms with Crippen LogP contribution in [-0.2, 0) is 0 Å². The number of hydrogen-bond donors (Lipinski definition) is 2. The number of imidazole rings is 1. The molecule has 0 aliphatic carbocycles. The molecule has 0 radical (unpaired) electrons. The standard InChI is InChI=1S/C15H10BrN3/c16-10-5-6-12-13(8-10)19-15(18-12)14-7-9-3-1-2-4-11(9)17-14/h1-8,17H,(H,18,19). The highest BCUT2D eigenvalue weighted by atomic mass is 79.9. The average molecular weight is 312 g/mol. The summed E-state index contributed by atoms with van der Waals surface area (Å²) in [7, 11) is 0. The fourth-order valence-electron chi connectivity index (χ4n) is 2.31. The van der Waals surface area contributed by atoms with Crippen LogP contribution < -0.4 is 0 Å². The number of nitrogens with one attached hydrogen (secondary N) is 2. The topological polar surface area (TPSA) is 44.5 Å². The molecule has 0 unspecified atom stereocenters. The Morgan fingerprint density at radius 1 is 0.895 bits per heavy atom. The third kappa shape index (κ3) is 1.76. The Balaban J connectivity index is 1.93. The molecule has 0 saturated heterocycles. The summed E-state index contributed by atoms with van der Waals surface area (Å²) in [5.41, 5.74) is 4.13. The molecule has 2 aromatic carbocycles. The Hall–Kier alpha value is -2.07. The first-order valence-electron chi connectivity index (χ1n) is 6.03. The first kappa shape index (κ1) is 10.8. The van der Waals surface area contributed by atoms with Crippen LogP contribution in [0.1, 0.15) is 0 Å². The predicted molar refractivity (Wildman–Crippen MR) is 81.1 cm³/mol. The average Bonchev–Trinajstić information content (AvgIpc) is 3.00. The van der Waals surface area contributed by atoms with E-state index in [1.165, 1.54) is 5.39 Å². The number of fused-ring (bicyclic) bond motifs is 2. The van der Waals surface area contributed by atoms with Crippen molar-refractivity contribution in [1.29, 1.82) is 0 Å². The van der Waals surface area contributed by atoms with Crippen LogP contribution in [0, 0.1) is 0 Å². The van der Waals surface area contributed by atoms with E-state index < -0.39 is 0 Å². The van der Waals surface area contributed by atoms with Gasteiger partial charge in [-0.3, -0.25) is 0 Å². The van der Waals surface area contributed by atoms with Crippen molar-refractivity contribution in [3.8, 4) is 11.5 Å². The van der Waals surface area contributed by atoms with E-state index in [-0.39, 0.29) is 0 Å². The minimum atomic E-state index is 0.865. The molecule has 0 saturated carbocycles. The minimum absolute atomic E-state index is 0.865. The number of benzene rings is 2. The Labute approximate surface area is 117 Å². The van der Waals surface area contributed by atoms with Gasteiger partial charge >= 0.3 is 0 Å². The van der Waals surface area contributed by atoms with Crippen LogP contribution >= 0.6 is 15.9 Å². The van der Waals surface area contributed by atoms with Crippen LogP contribution in [0.4, 0.5) is 0 Å². The number of aromatic amines is 2. The van der Waals surface area contributed by atoms with E-state index in [2.05, 4.69) is 49.1 Å². The summed E-state index contributed by atoms with van der Waals surface area (Å²) in [6.07, 6.45) is 0. The molecule has 0 bridgehead atoms. The van der Waals surface area contributed by atoms with Crippen LogP contribution in [0.15, 0.2) is 53.0 Å². The number of hydrogen-bond acceptors (Lipinski definition) is 1. The van der Waals surface area contributed by atoms with E-state index in [1.807, 2.05) is 30.3 Å². The van der Waals surface area contributed by atoms with Gasteiger partial charge in [-0.25, -0.2) is 4.98 Å². The molecule has 4 rings (SSSR count). The van der Waals surface area contributed by atoms with Crippen LogP contribution in [0.25, 0.3) is 33.5 Å². The van der Waals surface area contributed by atoms with Gasteiger partial charge in [-0.2, -0.15) is 0 Å². The van der Waals surface area contributed by atoms with Crippen molar-refractivity contribution in [2.24, 2.45) is 0 Å². The Morgan fingerprint density at radius 2 is 1.79 bits per heavy atom. The lowest BCUT2D eigenvalue weighted by Crippen LogP contribution is -1.78. The lowest BCUT2D eigenvalue weighted by Gasteiger charge is -1.89. The molecule has 0 amide bonds. The van der Waals surface area contributed by atoms with Crippen LogP contribution in [-0.4, -0.2) is 15.0 Å². The number of rotatable bonds is 1. The molecule has 2 heterocycles. The van der Waals surface area contributed by atoms with Gasteiger partial charge in [0.2, 0.25) is 0 Å². The molecule has 0 fully saturated rings. The summed E-state index contributed by atoms with van der Waals surface area (Å²) in [5, 5.41) is 1.19. The Morgan fingerprint density at radius 3 is 2.68 bits per heavy atom. The van der Waals surface area contributed by atoms with E-state index >= 15 is 0 Å². The van der Waals surface area contributed by atoms with E-state index in [9.17, 15) is 0 Å². The van der Waals surface area contributed by atoms with Crippen molar-refractivity contribution in [3.63, 3.8) is 0 Å². The quantitative estimate of drug-likeness (QED) is 0.535. The lowest BCUT2D eigenvalue weighted by atomic mass is 10.2. The van der Waals surface area contributed by atoms with Crippen molar-refractivity contribution in [2.75, 3.05) is 0 Å². The molecule has 4 heteroatoms. The highest BCUT2D eigenvalue weighted by Gasteiger charge is 2.08. The second-order valence-electron chi connectivity index (χ2n) is 4.52. The smallest absolute Gasteiger partial charge is 0.155 e. The van der Waals surface area contributed by atoms with Crippen LogP contribution in [0.5, 0.6) is 0 Å². The van der Waals surface area contributed by atoms with Crippen LogP contribution in [0.3, 0.4) is 0 Å². The first-order chi connectivity index (χ1) is 9.29. The summed E-state index contributed by atoms with van der Waals surface area (Å²) in [6.45, 7) is 0. The molecule has 2 N–H and O–H groups in total. The number of nitrogens with zero attached hydrogens (tertiary/aromatic N) is 1. The van der Waals surface area contributed by atoms with E-state index in [0.717, 1.165) is 32.5 Å². The molecule has 0 spiro atoms. The molecular formula is C15H10BrN3. The molecule has 3 nitrogen and oxygen atoms in total. The van der Waals surface area contributed by atoms with Gasteiger partial charge in [-0.1, -0.05) is 34.1 Å². The highest BCUT2D eigenvalue weighted by Crippen LogP contribution is 2.25. The Kier molecular flexibility index (Phi) is 2.26. The fraction of sp³-hybridized carbons (Fsp3) is 0. The molecule has 2 aromatic heterocycles. The summed E-state index contributed by atoms with van der Waals surface area (Å²) in [6, 6.07) is 16.4. The van der Waals surface area contributed by atoms with Crippen molar-refractivity contribution < 1.29 is 0 Å². The first-order valence-corrected chi connectivity index (χ1v) is 6.82. The van der Waals surface area contributed by atoms with Gasteiger partial charge in [0.05, 0.1) is 16.7 Å². The molecule has 0 atom stereocenters. The molecule has 4 aromatic rings. The maximum atomic E-state index is 4.61. The third-order valence-electron chi connectivity index (χ3n) is 3.23. The molecular weight excluding hydrogens is 302 g/mol. The van der Waals surface area contributed by atoms with Crippen molar-refractivity contribution in [2.45, 2.75) is 0 Å². The zero-order valence-electron chi connectivity index (χ0n) is 9.94. The number of H-pyrrole nitrogens is 2. The number of aromatic nitrogens is 3. The molecule has 0 aliphatic rings. The Bertz CT molecular complexity index is 856. The van der Waals surface area contributed by atoms with Gasteiger partial charge in [0.25, 0.3) is 0 Å². The summed E-state index contributed by atoms with van der Waals surface area (Å²) >= 11 is 3.47. The molecule has 19 heavy (non-hydrogen) atoms.